The van der Waals surface area contributed by atoms with Gasteiger partial charge >= 0.3 is 0 Å². The molecular weight excluding hydrogens is 402 g/mol. The normalized spacial score (nSPS) is 10.8. The van der Waals surface area contributed by atoms with Crippen LogP contribution in [0.1, 0.15) is 26.9 Å². The highest BCUT2D eigenvalue weighted by Gasteiger charge is 2.09. The largest absolute Gasteiger partial charge is 0.322 e. The van der Waals surface area contributed by atoms with Gasteiger partial charge in [-0.1, -0.05) is 12.1 Å². The third kappa shape index (κ3) is 4.90. The summed E-state index contributed by atoms with van der Waals surface area (Å²) in [5.41, 5.74) is 3.24. The van der Waals surface area contributed by atoms with Crippen LogP contribution >= 0.6 is 23.1 Å². The van der Waals surface area contributed by atoms with Crippen molar-refractivity contribution in [2.75, 3.05) is 5.32 Å². The van der Waals surface area contributed by atoms with Gasteiger partial charge in [0.05, 0.1) is 10.7 Å². The van der Waals surface area contributed by atoms with Crippen LogP contribution in [0, 0.1) is 13.8 Å². The summed E-state index contributed by atoms with van der Waals surface area (Å²) in [6, 6.07) is 15.1. The predicted octanol–water partition coefficient (Wildman–Crippen LogP) is 5.09. The fourth-order valence-corrected chi connectivity index (χ4v) is 4.25. The molecule has 0 atom stereocenters. The number of hydrogen-bond acceptors (Lipinski definition) is 6. The Labute approximate surface area is 176 Å². The topological polar surface area (TPSA) is 83.6 Å². The highest BCUT2D eigenvalue weighted by atomic mass is 32.2. The van der Waals surface area contributed by atoms with E-state index in [0.717, 1.165) is 32.7 Å². The van der Waals surface area contributed by atoms with Crippen molar-refractivity contribution in [3.63, 3.8) is 0 Å². The molecule has 2 aromatic carbocycles. The summed E-state index contributed by atoms with van der Waals surface area (Å²) in [6.07, 6.45) is 0. The number of thiazole rings is 1. The van der Waals surface area contributed by atoms with E-state index >= 15 is 0 Å². The number of aryl methyl sites for hydroxylation is 2. The first kappa shape index (κ1) is 19.4. The number of H-pyrrole nitrogens is 1. The van der Waals surface area contributed by atoms with Gasteiger partial charge in [0.2, 0.25) is 0 Å². The van der Waals surface area contributed by atoms with Crippen LogP contribution in [0.3, 0.4) is 0 Å². The summed E-state index contributed by atoms with van der Waals surface area (Å²) in [5.74, 6) is 2.02. The van der Waals surface area contributed by atoms with Gasteiger partial charge in [-0.2, -0.15) is 5.10 Å². The third-order valence-electron chi connectivity index (χ3n) is 4.15. The first-order chi connectivity index (χ1) is 14.1. The van der Waals surface area contributed by atoms with Crippen LogP contribution in [0.25, 0.3) is 11.4 Å². The van der Waals surface area contributed by atoms with E-state index in [1.165, 1.54) is 0 Å². The van der Waals surface area contributed by atoms with Gasteiger partial charge in [0.1, 0.15) is 5.82 Å². The molecule has 0 saturated heterocycles. The molecule has 8 heteroatoms. The van der Waals surface area contributed by atoms with E-state index < -0.39 is 0 Å². The molecule has 146 valence electrons. The number of benzene rings is 2. The molecular formula is C21H19N5OS2. The number of thioether (sulfide) groups is 1. The molecule has 0 fully saturated rings. The Morgan fingerprint density at radius 2 is 1.97 bits per heavy atom. The molecule has 0 saturated carbocycles. The van der Waals surface area contributed by atoms with E-state index in [-0.39, 0.29) is 5.91 Å². The summed E-state index contributed by atoms with van der Waals surface area (Å²) in [6.45, 7) is 3.86. The molecule has 4 rings (SSSR count). The van der Waals surface area contributed by atoms with Crippen LogP contribution in [0.2, 0.25) is 0 Å². The molecule has 6 nitrogen and oxygen atoms in total. The minimum Gasteiger partial charge on any atom is -0.322 e. The van der Waals surface area contributed by atoms with Gasteiger partial charge in [0, 0.05) is 32.8 Å². The molecule has 2 N–H and O–H groups in total. The lowest BCUT2D eigenvalue weighted by molar-refractivity contribution is 0.102. The van der Waals surface area contributed by atoms with E-state index in [1.54, 1.807) is 23.1 Å². The average Bonchev–Trinajstić information content (AvgIpc) is 3.35. The maximum absolute atomic E-state index is 12.6. The van der Waals surface area contributed by atoms with E-state index in [4.69, 9.17) is 0 Å². The van der Waals surface area contributed by atoms with E-state index in [9.17, 15) is 4.79 Å². The summed E-state index contributed by atoms with van der Waals surface area (Å²) < 4.78 is 0. The standard InChI is InChI=1S/C21H19N5OS2/c1-13-22-20(26-25-13)16-4-3-5-17(10-16)24-21(27)15-6-8-19(9-7-15)29-12-18-11-28-14(2)23-18/h3-11H,12H2,1-2H3,(H,24,27)(H,22,25,26). The van der Waals surface area contributed by atoms with E-state index in [2.05, 4.69) is 30.9 Å². The van der Waals surface area contributed by atoms with Gasteiger partial charge in [-0.05, 0) is 50.2 Å². The average molecular weight is 422 g/mol. The Morgan fingerprint density at radius 1 is 1.14 bits per heavy atom. The molecule has 0 spiro atoms. The maximum atomic E-state index is 12.6. The number of hydrogen-bond donors (Lipinski definition) is 2. The van der Waals surface area contributed by atoms with Crippen molar-refractivity contribution in [3.05, 3.63) is 76.0 Å². The second-order valence-electron chi connectivity index (χ2n) is 6.45. The molecule has 0 aliphatic rings. The van der Waals surface area contributed by atoms with Crippen molar-refractivity contribution < 1.29 is 4.79 Å². The summed E-state index contributed by atoms with van der Waals surface area (Å²) in [4.78, 5) is 22.5. The number of carbonyl (C=O) groups excluding carboxylic acids is 1. The molecule has 2 aromatic heterocycles. The predicted molar refractivity (Wildman–Crippen MR) is 117 cm³/mol. The number of rotatable bonds is 6. The van der Waals surface area contributed by atoms with E-state index in [0.29, 0.717) is 17.1 Å². The number of nitrogens with one attached hydrogen (secondary N) is 2. The van der Waals surface area contributed by atoms with Gasteiger partial charge in [-0.25, -0.2) is 9.97 Å². The second-order valence-corrected chi connectivity index (χ2v) is 8.56. The second kappa shape index (κ2) is 8.59. The van der Waals surface area contributed by atoms with Crippen molar-refractivity contribution in [2.24, 2.45) is 0 Å². The quantitative estimate of drug-likeness (QED) is 0.424. The molecule has 0 aliphatic carbocycles. The lowest BCUT2D eigenvalue weighted by Gasteiger charge is -2.07. The van der Waals surface area contributed by atoms with Crippen LogP contribution in [0.15, 0.2) is 58.8 Å². The zero-order valence-corrected chi connectivity index (χ0v) is 17.6. The Morgan fingerprint density at radius 3 is 2.66 bits per heavy atom. The van der Waals surface area contributed by atoms with Crippen molar-refractivity contribution in [1.29, 1.82) is 0 Å². The van der Waals surface area contributed by atoms with Gasteiger partial charge in [-0.15, -0.1) is 23.1 Å². The third-order valence-corrected chi connectivity index (χ3v) is 6.01. The summed E-state index contributed by atoms with van der Waals surface area (Å²) in [5, 5.41) is 13.1. The zero-order valence-electron chi connectivity index (χ0n) is 16.0. The molecule has 29 heavy (non-hydrogen) atoms. The van der Waals surface area contributed by atoms with Crippen LogP contribution in [-0.4, -0.2) is 26.1 Å². The van der Waals surface area contributed by atoms with Crippen molar-refractivity contribution >= 4 is 34.7 Å². The minimum absolute atomic E-state index is 0.153. The Hall–Kier alpha value is -2.97. The molecule has 0 radical (unpaired) electrons. The SMILES string of the molecule is Cc1nc(-c2cccc(NC(=O)c3ccc(SCc4csc(C)n4)cc3)c2)n[nH]1. The van der Waals surface area contributed by atoms with Crippen LogP contribution in [-0.2, 0) is 5.75 Å². The Balaban J connectivity index is 1.39. The zero-order chi connectivity index (χ0) is 20.2. The lowest BCUT2D eigenvalue weighted by Crippen LogP contribution is -2.11. The fraction of sp³-hybridized carbons (Fsp3) is 0.143. The Bertz CT molecular complexity index is 1130. The van der Waals surface area contributed by atoms with Crippen molar-refractivity contribution in [2.45, 2.75) is 24.5 Å². The number of amides is 1. The number of aromatic nitrogens is 4. The number of anilines is 1. The summed E-state index contributed by atoms with van der Waals surface area (Å²) in [7, 11) is 0. The summed E-state index contributed by atoms with van der Waals surface area (Å²) >= 11 is 3.37. The fourth-order valence-electron chi connectivity index (χ4n) is 2.75. The Kier molecular flexibility index (Phi) is 5.73. The lowest BCUT2D eigenvalue weighted by atomic mass is 10.1. The van der Waals surface area contributed by atoms with Crippen LogP contribution in [0.4, 0.5) is 5.69 Å². The number of aromatic amines is 1. The molecule has 0 unspecified atom stereocenters. The van der Waals surface area contributed by atoms with Crippen LogP contribution < -0.4 is 5.32 Å². The molecule has 0 aliphatic heterocycles. The van der Waals surface area contributed by atoms with E-state index in [1.807, 2.05) is 62.4 Å². The molecule has 2 heterocycles. The monoisotopic (exact) mass is 421 g/mol. The minimum atomic E-state index is -0.153. The number of nitrogens with zero attached hydrogens (tertiary/aromatic N) is 3. The number of carbonyl (C=O) groups is 1. The first-order valence-corrected chi connectivity index (χ1v) is 10.9. The highest BCUT2D eigenvalue weighted by Crippen LogP contribution is 2.24. The van der Waals surface area contributed by atoms with Gasteiger partial charge < -0.3 is 5.32 Å². The molecule has 4 aromatic rings. The van der Waals surface area contributed by atoms with Crippen molar-refractivity contribution in [1.82, 2.24) is 20.2 Å². The maximum Gasteiger partial charge on any atom is 0.255 e. The first-order valence-electron chi connectivity index (χ1n) is 9.01. The molecule has 1 amide bonds. The van der Waals surface area contributed by atoms with Gasteiger partial charge in [-0.3, -0.25) is 9.89 Å². The van der Waals surface area contributed by atoms with Crippen LogP contribution in [0.5, 0.6) is 0 Å². The van der Waals surface area contributed by atoms with Gasteiger partial charge in [0.25, 0.3) is 5.91 Å². The highest BCUT2D eigenvalue weighted by molar-refractivity contribution is 7.98. The smallest absolute Gasteiger partial charge is 0.255 e. The molecule has 0 bridgehead atoms. The van der Waals surface area contributed by atoms with Gasteiger partial charge in [0.15, 0.2) is 5.82 Å². The van der Waals surface area contributed by atoms with Crippen molar-refractivity contribution in [3.8, 4) is 11.4 Å².